The van der Waals surface area contributed by atoms with Gasteiger partial charge in [-0.05, 0) is 31.6 Å². The second-order valence-electron chi connectivity index (χ2n) is 5.83. The maximum absolute atomic E-state index is 12.3. The molecule has 1 aliphatic carbocycles. The number of carbonyl (C=O) groups is 2. The lowest BCUT2D eigenvalue weighted by Gasteiger charge is -2.27. The van der Waals surface area contributed by atoms with Crippen LogP contribution in [-0.4, -0.2) is 48.3 Å². The molecule has 1 aliphatic heterocycles. The van der Waals surface area contributed by atoms with E-state index in [1.165, 1.54) is 25.7 Å². The van der Waals surface area contributed by atoms with E-state index in [1.807, 2.05) is 4.90 Å². The minimum absolute atomic E-state index is 0.0762. The highest BCUT2D eigenvalue weighted by Crippen LogP contribution is 2.29. The van der Waals surface area contributed by atoms with Crippen molar-refractivity contribution in [1.29, 1.82) is 0 Å². The summed E-state index contributed by atoms with van der Waals surface area (Å²) >= 11 is 0. The Labute approximate surface area is 109 Å². The van der Waals surface area contributed by atoms with Gasteiger partial charge in [0.25, 0.3) is 0 Å². The van der Waals surface area contributed by atoms with Gasteiger partial charge in [-0.2, -0.15) is 0 Å². The van der Waals surface area contributed by atoms with E-state index in [2.05, 4.69) is 0 Å². The number of amides is 2. The van der Waals surface area contributed by atoms with Crippen LogP contribution in [-0.2, 0) is 9.59 Å². The molecule has 1 saturated carbocycles. The van der Waals surface area contributed by atoms with E-state index in [-0.39, 0.29) is 17.9 Å². The summed E-state index contributed by atoms with van der Waals surface area (Å²) in [6.07, 6.45) is 7.33. The first kappa shape index (κ1) is 13.4. The Bertz CT molecular complexity index is 322. The summed E-state index contributed by atoms with van der Waals surface area (Å²) in [6, 6.07) is -0.200. The van der Waals surface area contributed by atoms with Gasteiger partial charge in [0, 0.05) is 27.1 Å². The van der Waals surface area contributed by atoms with Crippen molar-refractivity contribution in [3.63, 3.8) is 0 Å². The molecule has 2 amide bonds. The van der Waals surface area contributed by atoms with Gasteiger partial charge in [0.2, 0.25) is 11.8 Å². The molecule has 0 spiro atoms. The van der Waals surface area contributed by atoms with Crippen molar-refractivity contribution < 1.29 is 9.59 Å². The lowest BCUT2D eigenvalue weighted by Crippen LogP contribution is -2.45. The topological polar surface area (TPSA) is 40.6 Å². The molecule has 18 heavy (non-hydrogen) atoms. The molecule has 0 aromatic carbocycles. The van der Waals surface area contributed by atoms with Gasteiger partial charge in [-0.1, -0.05) is 12.8 Å². The van der Waals surface area contributed by atoms with E-state index in [9.17, 15) is 9.59 Å². The molecule has 1 atom stereocenters. The molecule has 2 fully saturated rings. The number of rotatable bonds is 3. The van der Waals surface area contributed by atoms with E-state index in [0.717, 1.165) is 19.4 Å². The van der Waals surface area contributed by atoms with Crippen molar-refractivity contribution in [1.82, 2.24) is 9.80 Å². The summed E-state index contributed by atoms with van der Waals surface area (Å²) in [5.41, 5.74) is 0. The van der Waals surface area contributed by atoms with E-state index in [0.29, 0.717) is 12.3 Å². The molecule has 1 heterocycles. The van der Waals surface area contributed by atoms with Gasteiger partial charge in [0.1, 0.15) is 6.04 Å². The first-order chi connectivity index (χ1) is 8.59. The zero-order valence-electron chi connectivity index (χ0n) is 11.5. The lowest BCUT2D eigenvalue weighted by molar-refractivity contribution is -0.142. The largest absolute Gasteiger partial charge is 0.347 e. The van der Waals surface area contributed by atoms with Crippen LogP contribution >= 0.6 is 0 Å². The average molecular weight is 252 g/mol. The van der Waals surface area contributed by atoms with Crippen LogP contribution in [0.15, 0.2) is 0 Å². The summed E-state index contributed by atoms with van der Waals surface area (Å²) < 4.78 is 0. The molecule has 1 unspecified atom stereocenters. The fourth-order valence-corrected chi connectivity index (χ4v) is 3.20. The van der Waals surface area contributed by atoms with Gasteiger partial charge in [0.05, 0.1) is 0 Å². The van der Waals surface area contributed by atoms with Gasteiger partial charge in [-0.25, -0.2) is 0 Å². The van der Waals surface area contributed by atoms with Crippen molar-refractivity contribution in [2.24, 2.45) is 5.92 Å². The van der Waals surface area contributed by atoms with Gasteiger partial charge in [-0.15, -0.1) is 0 Å². The number of hydrogen-bond acceptors (Lipinski definition) is 2. The third kappa shape index (κ3) is 2.85. The van der Waals surface area contributed by atoms with Gasteiger partial charge in [-0.3, -0.25) is 9.59 Å². The predicted octanol–water partition coefficient (Wildman–Crippen LogP) is 1.65. The average Bonchev–Trinajstić information content (AvgIpc) is 2.97. The normalized spacial score (nSPS) is 24.6. The number of likely N-dealkylation sites (tertiary alicyclic amines) is 1. The molecule has 0 radical (unpaired) electrons. The van der Waals surface area contributed by atoms with Crippen LogP contribution in [0.25, 0.3) is 0 Å². The van der Waals surface area contributed by atoms with Gasteiger partial charge >= 0.3 is 0 Å². The molecule has 102 valence electrons. The SMILES string of the molecule is CN(C)C(=O)C1CCCN1C(=O)CC1CCCC1. The van der Waals surface area contributed by atoms with Crippen LogP contribution in [0.2, 0.25) is 0 Å². The fourth-order valence-electron chi connectivity index (χ4n) is 3.20. The zero-order valence-corrected chi connectivity index (χ0v) is 11.5. The minimum atomic E-state index is -0.200. The highest BCUT2D eigenvalue weighted by Gasteiger charge is 2.35. The number of carbonyl (C=O) groups excluding carboxylic acids is 2. The van der Waals surface area contributed by atoms with E-state index >= 15 is 0 Å². The van der Waals surface area contributed by atoms with Crippen LogP contribution < -0.4 is 0 Å². The van der Waals surface area contributed by atoms with Gasteiger partial charge in [0.15, 0.2) is 0 Å². The third-order valence-electron chi connectivity index (χ3n) is 4.24. The Kier molecular flexibility index (Phi) is 4.25. The smallest absolute Gasteiger partial charge is 0.244 e. The lowest BCUT2D eigenvalue weighted by atomic mass is 10.0. The van der Waals surface area contributed by atoms with Crippen LogP contribution in [0, 0.1) is 5.92 Å². The van der Waals surface area contributed by atoms with Crippen LogP contribution in [0.4, 0.5) is 0 Å². The second kappa shape index (κ2) is 5.72. The second-order valence-corrected chi connectivity index (χ2v) is 5.83. The van der Waals surface area contributed by atoms with Crippen molar-refractivity contribution in [3.05, 3.63) is 0 Å². The number of nitrogens with zero attached hydrogens (tertiary/aromatic N) is 2. The van der Waals surface area contributed by atoms with Crippen molar-refractivity contribution in [2.45, 2.75) is 51.0 Å². The summed E-state index contributed by atoms with van der Waals surface area (Å²) in [5.74, 6) is 0.833. The van der Waals surface area contributed by atoms with E-state index in [4.69, 9.17) is 0 Å². The highest BCUT2D eigenvalue weighted by atomic mass is 16.2. The summed E-state index contributed by atoms with van der Waals surface area (Å²) in [4.78, 5) is 27.7. The molecular formula is C14H24N2O2. The van der Waals surface area contributed by atoms with E-state index < -0.39 is 0 Å². The zero-order chi connectivity index (χ0) is 13.1. The molecule has 0 N–H and O–H groups in total. The highest BCUT2D eigenvalue weighted by molar-refractivity contribution is 5.88. The first-order valence-electron chi connectivity index (χ1n) is 7.10. The van der Waals surface area contributed by atoms with Crippen molar-refractivity contribution >= 4 is 11.8 Å². The Balaban J connectivity index is 1.93. The maximum Gasteiger partial charge on any atom is 0.244 e. The van der Waals surface area contributed by atoms with Crippen molar-refractivity contribution in [3.8, 4) is 0 Å². The quantitative estimate of drug-likeness (QED) is 0.766. The Hall–Kier alpha value is -1.06. The third-order valence-corrected chi connectivity index (χ3v) is 4.24. The van der Waals surface area contributed by atoms with Gasteiger partial charge < -0.3 is 9.80 Å². The van der Waals surface area contributed by atoms with Crippen LogP contribution in [0.1, 0.15) is 44.9 Å². The van der Waals surface area contributed by atoms with E-state index in [1.54, 1.807) is 19.0 Å². The number of hydrogen-bond donors (Lipinski definition) is 0. The Morgan fingerprint density at radius 1 is 1.11 bits per heavy atom. The predicted molar refractivity (Wildman–Crippen MR) is 70.0 cm³/mol. The molecule has 4 nitrogen and oxygen atoms in total. The molecular weight excluding hydrogens is 228 g/mol. The Morgan fingerprint density at radius 2 is 1.78 bits per heavy atom. The Morgan fingerprint density at radius 3 is 2.39 bits per heavy atom. The summed E-state index contributed by atoms with van der Waals surface area (Å²) in [5, 5.41) is 0. The molecule has 0 aromatic rings. The minimum Gasteiger partial charge on any atom is -0.347 e. The molecule has 0 bridgehead atoms. The molecule has 2 rings (SSSR count). The molecule has 4 heteroatoms. The van der Waals surface area contributed by atoms with Crippen molar-refractivity contribution in [2.75, 3.05) is 20.6 Å². The summed E-state index contributed by atoms with van der Waals surface area (Å²) in [6.45, 7) is 0.760. The summed E-state index contributed by atoms with van der Waals surface area (Å²) in [7, 11) is 3.53. The molecule has 1 saturated heterocycles. The maximum atomic E-state index is 12.3. The standard InChI is InChI=1S/C14H24N2O2/c1-15(2)14(18)12-8-5-9-16(12)13(17)10-11-6-3-4-7-11/h11-12H,3-10H2,1-2H3. The fraction of sp³-hybridized carbons (Fsp3) is 0.857. The monoisotopic (exact) mass is 252 g/mol. The van der Waals surface area contributed by atoms with Crippen LogP contribution in [0.3, 0.4) is 0 Å². The van der Waals surface area contributed by atoms with Crippen LogP contribution in [0.5, 0.6) is 0 Å². The number of likely N-dealkylation sites (N-methyl/N-ethyl adjacent to an activating group) is 1. The molecule has 2 aliphatic rings. The first-order valence-corrected chi connectivity index (χ1v) is 7.10. The molecule has 0 aromatic heterocycles.